The molecule has 0 bridgehead atoms. The number of aryl methyl sites for hydroxylation is 1. The predicted octanol–water partition coefficient (Wildman–Crippen LogP) is 4.42. The van der Waals surface area contributed by atoms with Gasteiger partial charge in [-0.05, 0) is 75.4 Å². The number of anilines is 1. The first-order chi connectivity index (χ1) is 14.7. The van der Waals surface area contributed by atoms with Gasteiger partial charge in [-0.25, -0.2) is 13.2 Å². The molecule has 0 heterocycles. The average molecular weight is 443 g/mol. The molecule has 0 amide bonds. The smallest absolute Gasteiger partial charge is 0.338 e. The molecule has 0 aromatic heterocycles. The summed E-state index contributed by atoms with van der Waals surface area (Å²) in [6, 6.07) is 10.5. The Morgan fingerprint density at radius 3 is 2.58 bits per heavy atom. The molecule has 0 unspecified atom stereocenters. The van der Waals surface area contributed by atoms with Crippen LogP contribution in [0.4, 0.5) is 5.69 Å². The molecule has 0 fully saturated rings. The van der Waals surface area contributed by atoms with Gasteiger partial charge in [0.25, 0.3) is 10.0 Å². The Balaban J connectivity index is 1.94. The highest BCUT2D eigenvalue weighted by Gasteiger charge is 2.25. The average Bonchev–Trinajstić information content (AvgIpc) is 2.73. The molecular formula is C24H30N2O4S. The van der Waals surface area contributed by atoms with Crippen LogP contribution in [0, 0.1) is 0 Å². The van der Waals surface area contributed by atoms with E-state index in [1.54, 1.807) is 30.3 Å². The van der Waals surface area contributed by atoms with Gasteiger partial charge in [0.2, 0.25) is 0 Å². The Labute approximate surface area is 184 Å². The second-order valence-corrected chi connectivity index (χ2v) is 9.87. The highest BCUT2D eigenvalue weighted by Crippen LogP contribution is 2.31. The fourth-order valence-corrected chi connectivity index (χ4v) is 5.05. The quantitative estimate of drug-likeness (QED) is 0.632. The summed E-state index contributed by atoms with van der Waals surface area (Å²) in [6.45, 7) is 4.87. The molecule has 2 N–H and O–H groups in total. The number of hydrogen-bond donors (Lipinski definition) is 2. The van der Waals surface area contributed by atoms with Crippen molar-refractivity contribution in [3.63, 3.8) is 0 Å². The summed E-state index contributed by atoms with van der Waals surface area (Å²) in [4.78, 5) is 14.2. The maximum Gasteiger partial charge on any atom is 0.338 e. The lowest BCUT2D eigenvalue weighted by Gasteiger charge is -2.21. The van der Waals surface area contributed by atoms with E-state index >= 15 is 0 Å². The summed E-state index contributed by atoms with van der Waals surface area (Å²) in [5.74, 6) is -1.11. The molecule has 0 atom stereocenters. The van der Waals surface area contributed by atoms with Gasteiger partial charge < -0.3 is 10.0 Å². The van der Waals surface area contributed by atoms with Crippen LogP contribution in [0.5, 0.6) is 0 Å². The summed E-state index contributed by atoms with van der Waals surface area (Å²) in [5, 5.41) is 9.81. The fourth-order valence-electron chi connectivity index (χ4n) is 3.78. The number of carboxylic acids is 1. The molecule has 0 aliphatic heterocycles. The van der Waals surface area contributed by atoms with Crippen molar-refractivity contribution in [2.75, 3.05) is 18.3 Å². The van der Waals surface area contributed by atoms with Crippen LogP contribution in [-0.2, 0) is 22.9 Å². The van der Waals surface area contributed by atoms with E-state index in [9.17, 15) is 18.3 Å². The molecule has 2 aromatic rings. The second kappa shape index (κ2) is 9.66. The van der Waals surface area contributed by atoms with E-state index in [0.717, 1.165) is 30.4 Å². The maximum atomic E-state index is 13.2. The lowest BCUT2D eigenvalue weighted by Crippen LogP contribution is -2.26. The third kappa shape index (κ3) is 5.35. The summed E-state index contributed by atoms with van der Waals surface area (Å²) in [7, 11) is -1.97. The van der Waals surface area contributed by atoms with Crippen molar-refractivity contribution in [3.05, 3.63) is 64.7 Å². The van der Waals surface area contributed by atoms with Crippen molar-refractivity contribution in [1.82, 2.24) is 4.90 Å². The third-order valence-corrected chi connectivity index (χ3v) is 7.21. The summed E-state index contributed by atoms with van der Waals surface area (Å²) >= 11 is 0. The van der Waals surface area contributed by atoms with E-state index in [4.69, 9.17) is 0 Å². The van der Waals surface area contributed by atoms with E-state index in [2.05, 4.69) is 23.5 Å². The molecule has 3 rings (SSSR count). The number of fused-ring (bicyclic) bond motifs is 1. The number of nitrogens with zero attached hydrogens (tertiary/aromatic N) is 1. The lowest BCUT2D eigenvalue weighted by molar-refractivity contribution is 0.0696. The van der Waals surface area contributed by atoms with Crippen LogP contribution < -0.4 is 4.72 Å². The van der Waals surface area contributed by atoms with Gasteiger partial charge >= 0.3 is 5.97 Å². The number of likely N-dealkylation sites (N-methyl/N-ethyl adjacent to an activating group) is 1. The molecule has 1 aliphatic rings. The molecule has 0 spiro atoms. The minimum Gasteiger partial charge on any atom is -0.478 e. The standard InChI is InChI=1S/C24H30N2O4S/c1-17(2)26(3)16-8-11-19-10-5-7-13-22(19)31(29,30)25-21-15-14-18-9-4-6-12-20(18)23(21)24(27)28/h5,7-8,10-11,13-15,17,25H,4,6,9,12,16H2,1-3H3,(H,27,28)/b11-8+. The van der Waals surface area contributed by atoms with Gasteiger partial charge in [-0.15, -0.1) is 0 Å². The Morgan fingerprint density at radius 2 is 1.87 bits per heavy atom. The number of hydrogen-bond acceptors (Lipinski definition) is 4. The number of rotatable bonds is 8. The zero-order valence-electron chi connectivity index (χ0n) is 18.3. The number of benzene rings is 2. The van der Waals surface area contributed by atoms with E-state index in [1.807, 2.05) is 19.2 Å². The molecule has 1 aliphatic carbocycles. The first kappa shape index (κ1) is 23.0. The maximum absolute atomic E-state index is 13.2. The first-order valence-electron chi connectivity index (χ1n) is 10.6. The van der Waals surface area contributed by atoms with Gasteiger partial charge in [0, 0.05) is 12.6 Å². The van der Waals surface area contributed by atoms with Gasteiger partial charge in [0.15, 0.2) is 0 Å². The SMILES string of the molecule is CC(C)N(C)C/C=C/c1ccccc1S(=O)(=O)Nc1ccc2c(c1C(=O)O)CCCC2. The van der Waals surface area contributed by atoms with Crippen molar-refractivity contribution >= 4 is 27.8 Å². The predicted molar refractivity (Wildman–Crippen MR) is 124 cm³/mol. The van der Waals surface area contributed by atoms with E-state index in [1.165, 1.54) is 6.07 Å². The van der Waals surface area contributed by atoms with E-state index in [-0.39, 0.29) is 16.1 Å². The van der Waals surface area contributed by atoms with Gasteiger partial charge in [0.05, 0.1) is 16.1 Å². The topological polar surface area (TPSA) is 86.7 Å². The minimum absolute atomic E-state index is 0.0624. The van der Waals surface area contributed by atoms with Gasteiger partial charge in [-0.1, -0.05) is 36.4 Å². The Morgan fingerprint density at radius 1 is 1.16 bits per heavy atom. The molecule has 0 saturated carbocycles. The highest BCUT2D eigenvalue weighted by atomic mass is 32.2. The third-order valence-electron chi connectivity index (χ3n) is 5.77. The Bertz CT molecular complexity index is 1090. The van der Waals surface area contributed by atoms with Gasteiger partial charge in [-0.3, -0.25) is 4.72 Å². The van der Waals surface area contributed by atoms with Crippen LogP contribution >= 0.6 is 0 Å². The fraction of sp³-hybridized carbons (Fsp3) is 0.375. The first-order valence-corrected chi connectivity index (χ1v) is 12.1. The molecule has 7 heteroatoms. The molecule has 0 radical (unpaired) electrons. The molecule has 6 nitrogen and oxygen atoms in total. The molecule has 166 valence electrons. The number of carboxylic acid groups (broad SMARTS) is 1. The Kier molecular flexibility index (Phi) is 7.18. The van der Waals surface area contributed by atoms with Gasteiger partial charge in [0.1, 0.15) is 0 Å². The van der Waals surface area contributed by atoms with Crippen LogP contribution in [0.3, 0.4) is 0 Å². The normalized spacial score (nSPS) is 14.2. The number of carbonyl (C=O) groups is 1. The second-order valence-electron chi connectivity index (χ2n) is 8.22. The number of nitrogens with one attached hydrogen (secondary N) is 1. The summed E-state index contributed by atoms with van der Waals surface area (Å²) < 4.78 is 29.0. The molecule has 2 aromatic carbocycles. The van der Waals surface area contributed by atoms with Crippen molar-refractivity contribution in [1.29, 1.82) is 0 Å². The number of aromatic carboxylic acids is 1. The summed E-state index contributed by atoms with van der Waals surface area (Å²) in [6.07, 6.45) is 7.11. The zero-order chi connectivity index (χ0) is 22.6. The van der Waals surface area contributed by atoms with Crippen LogP contribution in [-0.4, -0.2) is 44.0 Å². The van der Waals surface area contributed by atoms with E-state index < -0.39 is 16.0 Å². The Hall–Kier alpha value is -2.64. The van der Waals surface area contributed by atoms with Crippen molar-refractivity contribution in [2.24, 2.45) is 0 Å². The highest BCUT2D eigenvalue weighted by molar-refractivity contribution is 7.92. The lowest BCUT2D eigenvalue weighted by atomic mass is 9.87. The van der Waals surface area contributed by atoms with Crippen LogP contribution in [0.15, 0.2) is 47.4 Å². The number of sulfonamides is 1. The molecule has 0 saturated heterocycles. The van der Waals surface area contributed by atoms with Crippen molar-refractivity contribution in [2.45, 2.75) is 50.5 Å². The minimum atomic E-state index is -3.97. The van der Waals surface area contributed by atoms with Crippen LogP contribution in [0.2, 0.25) is 0 Å². The largest absolute Gasteiger partial charge is 0.478 e. The van der Waals surface area contributed by atoms with Crippen LogP contribution in [0.1, 0.15) is 53.7 Å². The van der Waals surface area contributed by atoms with Crippen molar-refractivity contribution in [3.8, 4) is 0 Å². The van der Waals surface area contributed by atoms with Gasteiger partial charge in [-0.2, -0.15) is 0 Å². The van der Waals surface area contributed by atoms with E-state index in [0.29, 0.717) is 24.6 Å². The summed E-state index contributed by atoms with van der Waals surface area (Å²) in [5.41, 5.74) is 2.47. The van der Waals surface area contributed by atoms with Crippen molar-refractivity contribution < 1.29 is 18.3 Å². The molecule has 31 heavy (non-hydrogen) atoms. The zero-order valence-corrected chi connectivity index (χ0v) is 19.1. The molecular weight excluding hydrogens is 412 g/mol. The van der Waals surface area contributed by atoms with Crippen LogP contribution in [0.25, 0.3) is 6.08 Å². The monoisotopic (exact) mass is 442 g/mol.